The first-order valence-electron chi connectivity index (χ1n) is 7.88. The van der Waals surface area contributed by atoms with Crippen molar-refractivity contribution in [2.24, 2.45) is 0 Å². The molecular formula is C15H27NO4. The Labute approximate surface area is 121 Å². The number of aliphatic carboxylic acids is 1. The Balaban J connectivity index is 1.84. The molecule has 0 radical (unpaired) electrons. The second-order valence-corrected chi connectivity index (χ2v) is 5.96. The van der Waals surface area contributed by atoms with Gasteiger partial charge in [-0.05, 0) is 45.1 Å². The lowest BCUT2D eigenvalue weighted by Crippen LogP contribution is -2.56. The molecule has 1 aliphatic heterocycles. The van der Waals surface area contributed by atoms with Gasteiger partial charge in [-0.25, -0.2) is 0 Å². The van der Waals surface area contributed by atoms with Crippen LogP contribution in [0, 0.1) is 0 Å². The van der Waals surface area contributed by atoms with Gasteiger partial charge in [-0.3, -0.25) is 4.79 Å². The Morgan fingerprint density at radius 2 is 2.25 bits per heavy atom. The van der Waals surface area contributed by atoms with E-state index >= 15 is 0 Å². The summed E-state index contributed by atoms with van der Waals surface area (Å²) >= 11 is 0. The summed E-state index contributed by atoms with van der Waals surface area (Å²) in [6.07, 6.45) is 6.73. The zero-order chi connectivity index (χ0) is 14.4. The number of hydrogen-bond acceptors (Lipinski definition) is 4. The van der Waals surface area contributed by atoms with Crippen molar-refractivity contribution in [1.29, 1.82) is 0 Å². The van der Waals surface area contributed by atoms with Gasteiger partial charge < -0.3 is 19.9 Å². The second kappa shape index (κ2) is 7.38. The molecular weight excluding hydrogens is 258 g/mol. The van der Waals surface area contributed by atoms with E-state index in [1.807, 2.05) is 6.92 Å². The summed E-state index contributed by atoms with van der Waals surface area (Å²) in [6.45, 7) is 4.05. The first-order valence-corrected chi connectivity index (χ1v) is 7.88. The largest absolute Gasteiger partial charge is 0.480 e. The van der Waals surface area contributed by atoms with Crippen LogP contribution >= 0.6 is 0 Å². The van der Waals surface area contributed by atoms with Crippen LogP contribution in [-0.4, -0.2) is 48.6 Å². The summed E-state index contributed by atoms with van der Waals surface area (Å²) in [6, 6.07) is 0. The minimum Gasteiger partial charge on any atom is -0.480 e. The molecule has 3 atom stereocenters. The number of carboxylic acids is 1. The topological polar surface area (TPSA) is 67.8 Å². The third-order valence-electron chi connectivity index (χ3n) is 4.42. The van der Waals surface area contributed by atoms with E-state index in [1.165, 1.54) is 6.42 Å². The lowest BCUT2D eigenvalue weighted by Gasteiger charge is -2.38. The van der Waals surface area contributed by atoms with Crippen LogP contribution in [0.5, 0.6) is 0 Å². The van der Waals surface area contributed by atoms with Gasteiger partial charge in [0.15, 0.2) is 0 Å². The van der Waals surface area contributed by atoms with Crippen LogP contribution in [0.4, 0.5) is 0 Å². The molecule has 0 aromatic rings. The summed E-state index contributed by atoms with van der Waals surface area (Å²) in [4.78, 5) is 11.6. The zero-order valence-electron chi connectivity index (χ0n) is 12.4. The smallest absolute Gasteiger partial charge is 0.323 e. The number of ether oxygens (including phenoxy) is 2. The van der Waals surface area contributed by atoms with Crippen LogP contribution in [-0.2, 0) is 14.3 Å². The van der Waals surface area contributed by atoms with Gasteiger partial charge >= 0.3 is 5.97 Å². The van der Waals surface area contributed by atoms with Gasteiger partial charge in [-0.15, -0.1) is 0 Å². The predicted molar refractivity (Wildman–Crippen MR) is 75.8 cm³/mol. The highest BCUT2D eigenvalue weighted by Gasteiger charge is 2.42. The van der Waals surface area contributed by atoms with E-state index in [4.69, 9.17) is 9.47 Å². The summed E-state index contributed by atoms with van der Waals surface area (Å²) in [5.41, 5.74) is -0.801. The van der Waals surface area contributed by atoms with Crippen molar-refractivity contribution in [2.75, 3.05) is 19.8 Å². The summed E-state index contributed by atoms with van der Waals surface area (Å²) in [7, 11) is 0. The van der Waals surface area contributed by atoms with Crippen molar-refractivity contribution in [3.63, 3.8) is 0 Å². The molecule has 2 fully saturated rings. The molecule has 0 amide bonds. The molecule has 3 unspecified atom stereocenters. The molecule has 1 saturated carbocycles. The zero-order valence-corrected chi connectivity index (χ0v) is 12.4. The normalized spacial score (nSPS) is 34.9. The van der Waals surface area contributed by atoms with Crippen LogP contribution in [0.1, 0.15) is 51.9 Å². The number of rotatable bonds is 6. The molecule has 0 aromatic carbocycles. The molecule has 20 heavy (non-hydrogen) atoms. The highest BCUT2D eigenvalue weighted by Crippen LogP contribution is 2.31. The molecule has 5 heteroatoms. The van der Waals surface area contributed by atoms with Crippen LogP contribution in [0.3, 0.4) is 0 Å². The van der Waals surface area contributed by atoms with Crippen LogP contribution in [0.15, 0.2) is 0 Å². The molecule has 1 saturated heterocycles. The van der Waals surface area contributed by atoms with E-state index in [9.17, 15) is 9.90 Å². The van der Waals surface area contributed by atoms with Crippen LogP contribution < -0.4 is 5.32 Å². The number of hydrogen-bond donors (Lipinski definition) is 2. The fraction of sp³-hybridized carbons (Fsp3) is 0.933. The highest BCUT2D eigenvalue weighted by atomic mass is 16.5. The minimum atomic E-state index is -0.801. The predicted octanol–water partition coefficient (Wildman–Crippen LogP) is 1.95. The molecule has 5 nitrogen and oxygen atoms in total. The summed E-state index contributed by atoms with van der Waals surface area (Å²) in [5, 5.41) is 12.7. The highest BCUT2D eigenvalue weighted by molar-refractivity contribution is 5.79. The minimum absolute atomic E-state index is 0.0319. The molecule has 1 heterocycles. The SMILES string of the molecule is CCNC1(C(=O)O)CCCC(OCC2CCCCO2)C1. The maximum Gasteiger partial charge on any atom is 0.323 e. The van der Waals surface area contributed by atoms with Gasteiger partial charge in [0.1, 0.15) is 5.54 Å². The average molecular weight is 285 g/mol. The maximum absolute atomic E-state index is 11.6. The molecule has 2 rings (SSSR count). The quantitative estimate of drug-likeness (QED) is 0.780. The van der Waals surface area contributed by atoms with Crippen LogP contribution in [0.25, 0.3) is 0 Å². The first kappa shape index (κ1) is 15.7. The Bertz CT molecular complexity index is 313. The number of carbonyl (C=O) groups is 1. The Morgan fingerprint density at radius 3 is 2.90 bits per heavy atom. The van der Waals surface area contributed by atoms with Gasteiger partial charge in [-0.2, -0.15) is 0 Å². The molecule has 0 aromatic heterocycles. The summed E-state index contributed by atoms with van der Waals surface area (Å²) in [5.74, 6) is -0.749. The molecule has 1 aliphatic carbocycles. The molecule has 2 N–H and O–H groups in total. The van der Waals surface area contributed by atoms with Crippen molar-refractivity contribution in [3.05, 3.63) is 0 Å². The fourth-order valence-corrected chi connectivity index (χ4v) is 3.32. The summed E-state index contributed by atoms with van der Waals surface area (Å²) < 4.78 is 11.6. The first-order chi connectivity index (χ1) is 9.66. The Kier molecular flexibility index (Phi) is 5.81. The number of likely N-dealkylation sites (N-methyl/N-ethyl adjacent to an activating group) is 1. The monoisotopic (exact) mass is 285 g/mol. The van der Waals surface area contributed by atoms with Crippen molar-refractivity contribution in [2.45, 2.75) is 69.6 Å². The Hall–Kier alpha value is -0.650. The van der Waals surface area contributed by atoms with E-state index in [0.29, 0.717) is 26.0 Å². The van der Waals surface area contributed by atoms with E-state index < -0.39 is 11.5 Å². The third-order valence-corrected chi connectivity index (χ3v) is 4.42. The molecule has 116 valence electrons. The van der Waals surface area contributed by atoms with Crippen LogP contribution in [0.2, 0.25) is 0 Å². The molecule has 0 spiro atoms. The molecule has 2 aliphatic rings. The van der Waals surface area contributed by atoms with Crippen molar-refractivity contribution < 1.29 is 19.4 Å². The van der Waals surface area contributed by atoms with Gasteiger partial charge in [0.25, 0.3) is 0 Å². The Morgan fingerprint density at radius 1 is 1.40 bits per heavy atom. The maximum atomic E-state index is 11.6. The number of nitrogens with one attached hydrogen (secondary N) is 1. The van der Waals surface area contributed by atoms with Gasteiger partial charge in [0.05, 0.1) is 18.8 Å². The van der Waals surface area contributed by atoms with Gasteiger partial charge in [0, 0.05) is 13.0 Å². The van der Waals surface area contributed by atoms with E-state index in [2.05, 4.69) is 5.32 Å². The second-order valence-electron chi connectivity index (χ2n) is 5.96. The van der Waals surface area contributed by atoms with Crippen molar-refractivity contribution in [1.82, 2.24) is 5.32 Å². The van der Waals surface area contributed by atoms with Crippen molar-refractivity contribution >= 4 is 5.97 Å². The van der Waals surface area contributed by atoms with Gasteiger partial charge in [0.2, 0.25) is 0 Å². The van der Waals surface area contributed by atoms with E-state index in [1.54, 1.807) is 0 Å². The molecule has 0 bridgehead atoms. The van der Waals surface area contributed by atoms with Crippen molar-refractivity contribution in [3.8, 4) is 0 Å². The van der Waals surface area contributed by atoms with Gasteiger partial charge in [-0.1, -0.05) is 6.92 Å². The lowest BCUT2D eigenvalue weighted by atomic mass is 9.80. The third kappa shape index (κ3) is 3.93. The van der Waals surface area contributed by atoms with E-state index in [0.717, 1.165) is 32.3 Å². The number of carboxylic acid groups (broad SMARTS) is 1. The lowest BCUT2D eigenvalue weighted by molar-refractivity contribution is -0.150. The van der Waals surface area contributed by atoms with E-state index in [-0.39, 0.29) is 12.2 Å². The fourth-order valence-electron chi connectivity index (χ4n) is 3.32. The standard InChI is InChI=1S/C15H27NO4/c1-2-16-15(14(17)18)8-5-7-12(10-15)20-11-13-6-3-4-9-19-13/h12-13,16H,2-11H2,1H3,(H,17,18). The average Bonchev–Trinajstić information content (AvgIpc) is 2.47.